The predicted molar refractivity (Wildman–Crippen MR) is 76.7 cm³/mol. The van der Waals surface area contributed by atoms with E-state index >= 15 is 0 Å². The molecule has 2 aliphatic rings. The largest absolute Gasteiger partial charge is 0.349 e. The standard InChI is InChI=1S/C15H25N3O3/c1-2-3-7-14-16-13(17-21-14)11-18-8-5-4-6-12(18)15-19-9-10-20-15/h12,15H,2-11H2,1H3. The Hall–Kier alpha value is -0.980. The highest BCUT2D eigenvalue weighted by atomic mass is 16.7. The molecule has 2 aliphatic heterocycles. The molecule has 3 heterocycles. The molecule has 21 heavy (non-hydrogen) atoms. The molecule has 0 bridgehead atoms. The van der Waals surface area contributed by atoms with Crippen LogP contribution in [-0.2, 0) is 22.4 Å². The summed E-state index contributed by atoms with van der Waals surface area (Å²) in [6, 6.07) is 0.318. The lowest BCUT2D eigenvalue weighted by Crippen LogP contribution is -2.46. The minimum absolute atomic E-state index is 0.0863. The number of unbranched alkanes of at least 4 members (excludes halogenated alkanes) is 1. The van der Waals surface area contributed by atoms with Crippen molar-refractivity contribution in [2.45, 2.75) is 64.3 Å². The molecule has 0 N–H and O–H groups in total. The van der Waals surface area contributed by atoms with Crippen LogP contribution in [0.15, 0.2) is 4.52 Å². The Morgan fingerprint density at radius 2 is 2.10 bits per heavy atom. The number of hydrogen-bond acceptors (Lipinski definition) is 6. The van der Waals surface area contributed by atoms with Crippen LogP contribution in [0.5, 0.6) is 0 Å². The van der Waals surface area contributed by atoms with Crippen molar-refractivity contribution in [1.29, 1.82) is 0 Å². The molecule has 1 unspecified atom stereocenters. The zero-order valence-corrected chi connectivity index (χ0v) is 12.8. The highest BCUT2D eigenvalue weighted by Gasteiger charge is 2.34. The average molecular weight is 295 g/mol. The smallest absolute Gasteiger partial charge is 0.226 e. The van der Waals surface area contributed by atoms with Gasteiger partial charge in [-0.1, -0.05) is 24.9 Å². The van der Waals surface area contributed by atoms with Gasteiger partial charge in [0, 0.05) is 6.42 Å². The molecule has 0 amide bonds. The molecule has 0 saturated carbocycles. The van der Waals surface area contributed by atoms with Crippen LogP contribution < -0.4 is 0 Å². The molecule has 1 aromatic heterocycles. The van der Waals surface area contributed by atoms with Crippen LogP contribution in [0.2, 0.25) is 0 Å². The SMILES string of the molecule is CCCCc1nc(CN2CCCCC2C2OCCO2)no1. The van der Waals surface area contributed by atoms with Crippen LogP contribution in [0.25, 0.3) is 0 Å². The Morgan fingerprint density at radius 1 is 1.24 bits per heavy atom. The van der Waals surface area contributed by atoms with Gasteiger partial charge in [-0.15, -0.1) is 0 Å². The molecule has 1 atom stereocenters. The van der Waals surface area contributed by atoms with Gasteiger partial charge in [0.05, 0.1) is 25.8 Å². The van der Waals surface area contributed by atoms with Gasteiger partial charge in [0.25, 0.3) is 0 Å². The first kappa shape index (κ1) is 14.9. The number of aryl methyl sites for hydroxylation is 1. The molecule has 0 spiro atoms. The van der Waals surface area contributed by atoms with E-state index < -0.39 is 0 Å². The second kappa shape index (κ2) is 7.33. The van der Waals surface area contributed by atoms with Gasteiger partial charge in [0.15, 0.2) is 12.1 Å². The molecule has 1 aromatic rings. The summed E-state index contributed by atoms with van der Waals surface area (Å²) in [6.07, 6.45) is 6.59. The van der Waals surface area contributed by atoms with Crippen molar-refractivity contribution in [2.75, 3.05) is 19.8 Å². The van der Waals surface area contributed by atoms with Gasteiger partial charge in [0.1, 0.15) is 0 Å². The lowest BCUT2D eigenvalue weighted by molar-refractivity contribution is -0.111. The summed E-state index contributed by atoms with van der Waals surface area (Å²) in [4.78, 5) is 6.88. The van der Waals surface area contributed by atoms with Crippen molar-refractivity contribution in [3.63, 3.8) is 0 Å². The lowest BCUT2D eigenvalue weighted by atomic mass is 10.0. The number of aromatic nitrogens is 2. The Bertz CT molecular complexity index is 432. The maximum atomic E-state index is 5.69. The Kier molecular flexibility index (Phi) is 5.22. The summed E-state index contributed by atoms with van der Waals surface area (Å²) in [6.45, 7) is 5.35. The lowest BCUT2D eigenvalue weighted by Gasteiger charge is -2.37. The minimum Gasteiger partial charge on any atom is -0.349 e. The molecule has 2 saturated heterocycles. The highest BCUT2D eigenvalue weighted by Crippen LogP contribution is 2.25. The third kappa shape index (κ3) is 3.81. The fraction of sp³-hybridized carbons (Fsp3) is 0.867. The van der Waals surface area contributed by atoms with E-state index in [2.05, 4.69) is 22.0 Å². The molecule has 118 valence electrons. The summed E-state index contributed by atoms with van der Waals surface area (Å²) in [5, 5.41) is 4.11. The molecule has 0 radical (unpaired) electrons. The molecular weight excluding hydrogens is 270 g/mol. The molecular formula is C15H25N3O3. The van der Waals surface area contributed by atoms with Crippen molar-refractivity contribution in [3.8, 4) is 0 Å². The van der Waals surface area contributed by atoms with Crippen LogP contribution in [0.4, 0.5) is 0 Å². The summed E-state index contributed by atoms with van der Waals surface area (Å²) < 4.78 is 16.7. The van der Waals surface area contributed by atoms with Crippen molar-refractivity contribution < 1.29 is 14.0 Å². The fourth-order valence-corrected chi connectivity index (χ4v) is 3.09. The zero-order chi connectivity index (χ0) is 14.5. The molecule has 0 aromatic carbocycles. The topological polar surface area (TPSA) is 60.6 Å². The number of nitrogens with zero attached hydrogens (tertiary/aromatic N) is 3. The second-order valence-corrected chi connectivity index (χ2v) is 5.85. The second-order valence-electron chi connectivity index (χ2n) is 5.85. The number of ether oxygens (including phenoxy) is 2. The van der Waals surface area contributed by atoms with E-state index in [1.807, 2.05) is 0 Å². The quantitative estimate of drug-likeness (QED) is 0.801. The Labute approximate surface area is 125 Å². The third-order valence-electron chi connectivity index (χ3n) is 4.22. The first-order chi connectivity index (χ1) is 10.4. The molecule has 2 fully saturated rings. The van der Waals surface area contributed by atoms with Gasteiger partial charge < -0.3 is 14.0 Å². The van der Waals surface area contributed by atoms with E-state index in [9.17, 15) is 0 Å². The van der Waals surface area contributed by atoms with E-state index in [1.54, 1.807) is 0 Å². The van der Waals surface area contributed by atoms with Crippen LogP contribution in [0.3, 0.4) is 0 Å². The van der Waals surface area contributed by atoms with Gasteiger partial charge in [-0.05, 0) is 25.8 Å². The fourth-order valence-electron chi connectivity index (χ4n) is 3.09. The van der Waals surface area contributed by atoms with Gasteiger partial charge in [0.2, 0.25) is 5.89 Å². The van der Waals surface area contributed by atoms with Crippen molar-refractivity contribution in [3.05, 3.63) is 11.7 Å². The van der Waals surface area contributed by atoms with E-state index in [0.717, 1.165) is 50.5 Å². The molecule has 0 aliphatic carbocycles. The van der Waals surface area contributed by atoms with Gasteiger partial charge >= 0.3 is 0 Å². The third-order valence-corrected chi connectivity index (χ3v) is 4.22. The first-order valence-corrected chi connectivity index (χ1v) is 8.15. The van der Waals surface area contributed by atoms with Gasteiger partial charge in [-0.25, -0.2) is 0 Å². The van der Waals surface area contributed by atoms with E-state index in [1.165, 1.54) is 12.8 Å². The highest BCUT2D eigenvalue weighted by molar-refractivity contribution is 4.90. The van der Waals surface area contributed by atoms with E-state index in [0.29, 0.717) is 19.3 Å². The number of likely N-dealkylation sites (tertiary alicyclic amines) is 1. The molecule has 6 heteroatoms. The number of hydrogen-bond donors (Lipinski definition) is 0. The van der Waals surface area contributed by atoms with Crippen molar-refractivity contribution >= 4 is 0 Å². The van der Waals surface area contributed by atoms with Gasteiger partial charge in [-0.2, -0.15) is 4.98 Å². The van der Waals surface area contributed by atoms with Crippen LogP contribution >= 0.6 is 0 Å². The average Bonchev–Trinajstić information content (AvgIpc) is 3.17. The first-order valence-electron chi connectivity index (χ1n) is 8.15. The summed E-state index contributed by atoms with van der Waals surface area (Å²) in [5.74, 6) is 1.54. The summed E-state index contributed by atoms with van der Waals surface area (Å²) in [5.41, 5.74) is 0. The van der Waals surface area contributed by atoms with Crippen LogP contribution in [0, 0.1) is 0 Å². The Morgan fingerprint density at radius 3 is 2.90 bits per heavy atom. The van der Waals surface area contributed by atoms with E-state index in [-0.39, 0.29) is 6.29 Å². The zero-order valence-electron chi connectivity index (χ0n) is 12.8. The maximum Gasteiger partial charge on any atom is 0.226 e. The van der Waals surface area contributed by atoms with Crippen molar-refractivity contribution in [2.24, 2.45) is 0 Å². The molecule has 6 nitrogen and oxygen atoms in total. The Balaban J connectivity index is 1.59. The predicted octanol–water partition coefficient (Wildman–Crippen LogP) is 2.14. The van der Waals surface area contributed by atoms with Crippen molar-refractivity contribution in [1.82, 2.24) is 15.0 Å². The van der Waals surface area contributed by atoms with Crippen LogP contribution in [-0.4, -0.2) is 47.1 Å². The van der Waals surface area contributed by atoms with Gasteiger partial charge in [-0.3, -0.25) is 4.90 Å². The monoisotopic (exact) mass is 295 g/mol. The maximum absolute atomic E-state index is 5.69. The minimum atomic E-state index is -0.0863. The number of piperidine rings is 1. The summed E-state index contributed by atoms with van der Waals surface area (Å²) in [7, 11) is 0. The summed E-state index contributed by atoms with van der Waals surface area (Å²) >= 11 is 0. The number of rotatable bonds is 6. The van der Waals surface area contributed by atoms with E-state index in [4.69, 9.17) is 14.0 Å². The normalized spacial score (nSPS) is 24.7. The molecule has 3 rings (SSSR count). The van der Waals surface area contributed by atoms with Crippen LogP contribution in [0.1, 0.15) is 50.7 Å².